The molecular weight excluding hydrogens is 785 g/mol. The van der Waals surface area contributed by atoms with Crippen LogP contribution in [0.15, 0.2) is 219 Å². The first kappa shape index (κ1) is 37.4. The summed E-state index contributed by atoms with van der Waals surface area (Å²) in [6.07, 6.45) is 3.74. The Morgan fingerprint density at radius 2 is 0.800 bits per heavy atom. The SMILES string of the molecule is CC1(C)c2cc(-c3ccc(-c4ccc(-c5ccccn5)nc4)cc3)ccc2-c2ccc(-c3ccc4c5c(cccc35)-c3c-4c(-c4ccccc4)c4ccccc4c3-c3ccccc3)cc21. The Bertz CT molecular complexity index is 3590. The van der Waals surface area contributed by atoms with Crippen LogP contribution in [0.1, 0.15) is 25.0 Å². The van der Waals surface area contributed by atoms with Gasteiger partial charge in [-0.05, 0) is 146 Å². The largest absolute Gasteiger partial charge is 0.255 e. The topological polar surface area (TPSA) is 25.8 Å². The molecule has 0 N–H and O–H groups in total. The zero-order chi connectivity index (χ0) is 43.2. The molecule has 0 amide bonds. The van der Waals surface area contributed by atoms with Crippen molar-refractivity contribution in [3.8, 4) is 100 Å². The molecule has 2 aliphatic carbocycles. The molecule has 0 aliphatic heterocycles. The lowest BCUT2D eigenvalue weighted by Crippen LogP contribution is -2.15. The van der Waals surface area contributed by atoms with E-state index in [1.807, 2.05) is 30.5 Å². The van der Waals surface area contributed by atoms with Gasteiger partial charge in [0.05, 0.1) is 11.4 Å². The van der Waals surface area contributed by atoms with E-state index in [-0.39, 0.29) is 5.41 Å². The molecule has 0 saturated heterocycles. The van der Waals surface area contributed by atoms with Gasteiger partial charge in [-0.25, -0.2) is 0 Å². The summed E-state index contributed by atoms with van der Waals surface area (Å²) in [5, 5.41) is 5.18. The molecule has 9 aromatic carbocycles. The average Bonchev–Trinajstić information content (AvgIpc) is 3.82. The van der Waals surface area contributed by atoms with Crippen molar-refractivity contribution in [3.63, 3.8) is 0 Å². The number of hydrogen-bond donors (Lipinski definition) is 0. The predicted octanol–water partition coefficient (Wildman–Crippen LogP) is 16.7. The maximum Gasteiger partial charge on any atom is 0.0886 e. The molecule has 65 heavy (non-hydrogen) atoms. The molecule has 0 unspecified atom stereocenters. The minimum absolute atomic E-state index is 0.183. The van der Waals surface area contributed by atoms with Gasteiger partial charge in [0.1, 0.15) is 0 Å². The number of fused-ring (bicyclic) bond motifs is 7. The molecule has 2 aromatic heterocycles. The van der Waals surface area contributed by atoms with Gasteiger partial charge < -0.3 is 0 Å². The van der Waals surface area contributed by atoms with Gasteiger partial charge in [-0.1, -0.05) is 190 Å². The molecule has 2 heterocycles. The number of hydrogen-bond acceptors (Lipinski definition) is 2. The maximum absolute atomic E-state index is 4.71. The Morgan fingerprint density at radius 3 is 1.42 bits per heavy atom. The van der Waals surface area contributed by atoms with E-state index in [4.69, 9.17) is 4.98 Å². The summed E-state index contributed by atoms with van der Waals surface area (Å²) in [4.78, 5) is 9.17. The standard InChI is InChI=1S/C63H42N2/c1-63(2)54-36-43(39-23-25-40(26-24-39)45-29-34-57(65-38-45)56-22-11-12-35-64-56)27-30-47(54)48-31-28-44(37-55(48)63)46-32-33-53-60-49(46)20-13-21-52(60)61-58(41-14-5-3-6-15-41)50-18-9-10-19-51(50)59(62(53)61)42-16-7-4-8-17-42/h3-38H,1-2H3. The smallest absolute Gasteiger partial charge is 0.0886 e. The van der Waals surface area contributed by atoms with Crippen LogP contribution >= 0.6 is 0 Å². The lowest BCUT2D eigenvalue weighted by Gasteiger charge is -2.23. The fraction of sp³-hybridized carbons (Fsp3) is 0.0476. The first-order chi connectivity index (χ1) is 32.0. The maximum atomic E-state index is 4.71. The molecule has 0 bridgehead atoms. The second-order valence-electron chi connectivity index (χ2n) is 18.0. The minimum Gasteiger partial charge on any atom is -0.255 e. The molecule has 0 spiro atoms. The Hall–Kier alpha value is -8.20. The molecule has 0 radical (unpaired) electrons. The Morgan fingerprint density at radius 1 is 0.308 bits per heavy atom. The molecule has 11 aromatic rings. The van der Waals surface area contributed by atoms with E-state index in [1.165, 1.54) is 111 Å². The van der Waals surface area contributed by atoms with Gasteiger partial charge in [0.25, 0.3) is 0 Å². The second kappa shape index (κ2) is 14.4. The average molecular weight is 827 g/mol. The summed E-state index contributed by atoms with van der Waals surface area (Å²) >= 11 is 0. The van der Waals surface area contributed by atoms with E-state index in [1.54, 1.807) is 6.20 Å². The molecule has 2 aliphatic rings. The van der Waals surface area contributed by atoms with E-state index in [0.717, 1.165) is 22.5 Å². The summed E-state index contributed by atoms with van der Waals surface area (Å²) < 4.78 is 0. The Kier molecular flexibility index (Phi) is 8.29. The number of benzene rings is 9. The van der Waals surface area contributed by atoms with Crippen molar-refractivity contribution in [2.45, 2.75) is 19.3 Å². The van der Waals surface area contributed by atoms with E-state index in [2.05, 4.69) is 201 Å². The van der Waals surface area contributed by atoms with E-state index in [0.29, 0.717) is 0 Å². The molecule has 2 heteroatoms. The van der Waals surface area contributed by atoms with Gasteiger partial charge in [0.2, 0.25) is 0 Å². The zero-order valence-corrected chi connectivity index (χ0v) is 36.2. The van der Waals surface area contributed by atoms with Gasteiger partial charge >= 0.3 is 0 Å². The number of nitrogens with zero attached hydrogens (tertiary/aromatic N) is 2. The summed E-state index contributed by atoms with van der Waals surface area (Å²) in [6, 6.07) is 75.9. The van der Waals surface area contributed by atoms with Crippen molar-refractivity contribution < 1.29 is 0 Å². The fourth-order valence-corrected chi connectivity index (χ4v) is 11.0. The first-order valence-electron chi connectivity index (χ1n) is 22.6. The van der Waals surface area contributed by atoms with Crippen LogP contribution in [0.3, 0.4) is 0 Å². The van der Waals surface area contributed by atoms with Crippen LogP contribution in [0.2, 0.25) is 0 Å². The van der Waals surface area contributed by atoms with Gasteiger partial charge in [0, 0.05) is 23.4 Å². The molecule has 304 valence electrons. The van der Waals surface area contributed by atoms with E-state index < -0.39 is 0 Å². The summed E-state index contributed by atoms with van der Waals surface area (Å²) in [5.41, 5.74) is 24.5. The van der Waals surface area contributed by atoms with Crippen molar-refractivity contribution in [1.82, 2.24) is 9.97 Å². The van der Waals surface area contributed by atoms with Gasteiger partial charge in [-0.3, -0.25) is 9.97 Å². The van der Waals surface area contributed by atoms with Crippen molar-refractivity contribution in [1.29, 1.82) is 0 Å². The fourth-order valence-electron chi connectivity index (χ4n) is 11.0. The number of pyridine rings is 2. The van der Waals surface area contributed by atoms with Crippen LogP contribution in [0.5, 0.6) is 0 Å². The lowest BCUT2D eigenvalue weighted by atomic mass is 9.80. The van der Waals surface area contributed by atoms with Crippen LogP contribution in [0, 0.1) is 0 Å². The first-order valence-corrected chi connectivity index (χ1v) is 22.6. The molecule has 0 fully saturated rings. The molecule has 2 nitrogen and oxygen atoms in total. The van der Waals surface area contributed by atoms with Crippen molar-refractivity contribution in [3.05, 3.63) is 230 Å². The van der Waals surface area contributed by atoms with Crippen LogP contribution in [-0.2, 0) is 5.41 Å². The van der Waals surface area contributed by atoms with Crippen molar-refractivity contribution >= 4 is 21.5 Å². The van der Waals surface area contributed by atoms with Crippen molar-refractivity contribution in [2.24, 2.45) is 0 Å². The Labute approximate surface area is 379 Å². The minimum atomic E-state index is -0.183. The highest BCUT2D eigenvalue weighted by molar-refractivity contribution is 6.28. The van der Waals surface area contributed by atoms with Gasteiger partial charge in [-0.2, -0.15) is 0 Å². The highest BCUT2D eigenvalue weighted by atomic mass is 14.8. The molecule has 13 rings (SSSR count). The third-order valence-corrected chi connectivity index (χ3v) is 14.1. The van der Waals surface area contributed by atoms with E-state index in [9.17, 15) is 0 Å². The van der Waals surface area contributed by atoms with Crippen LogP contribution in [0.25, 0.3) is 122 Å². The summed E-state index contributed by atoms with van der Waals surface area (Å²) in [6.45, 7) is 4.78. The highest BCUT2D eigenvalue weighted by Gasteiger charge is 2.37. The number of rotatable bonds is 6. The van der Waals surface area contributed by atoms with Crippen molar-refractivity contribution in [2.75, 3.05) is 0 Å². The predicted molar refractivity (Wildman–Crippen MR) is 272 cm³/mol. The van der Waals surface area contributed by atoms with Crippen LogP contribution < -0.4 is 0 Å². The third-order valence-electron chi connectivity index (χ3n) is 14.1. The normalized spacial score (nSPS) is 12.9. The third kappa shape index (κ3) is 5.74. The lowest BCUT2D eigenvalue weighted by molar-refractivity contribution is 0.661. The van der Waals surface area contributed by atoms with Gasteiger partial charge in [-0.15, -0.1) is 0 Å². The molecular formula is C63H42N2. The molecule has 0 saturated carbocycles. The number of aromatic nitrogens is 2. The summed E-state index contributed by atoms with van der Waals surface area (Å²) in [5.74, 6) is 0. The Balaban J connectivity index is 0.890. The van der Waals surface area contributed by atoms with Gasteiger partial charge in [0.15, 0.2) is 0 Å². The molecule has 0 atom stereocenters. The second-order valence-corrected chi connectivity index (χ2v) is 18.0. The van der Waals surface area contributed by atoms with Crippen LogP contribution in [-0.4, -0.2) is 9.97 Å². The highest BCUT2D eigenvalue weighted by Crippen LogP contribution is 2.59. The zero-order valence-electron chi connectivity index (χ0n) is 36.2. The van der Waals surface area contributed by atoms with E-state index >= 15 is 0 Å². The van der Waals surface area contributed by atoms with Crippen LogP contribution in [0.4, 0.5) is 0 Å². The quantitative estimate of drug-likeness (QED) is 0.167. The summed E-state index contributed by atoms with van der Waals surface area (Å²) in [7, 11) is 0. The monoisotopic (exact) mass is 826 g/mol.